The van der Waals surface area contributed by atoms with Crippen LogP contribution in [0.1, 0.15) is 43.4 Å². The summed E-state index contributed by atoms with van der Waals surface area (Å²) in [7, 11) is -3.17. The standard InChI is InChI=1S/C14H20O3S/c1-10(2)18(16,17)9-13-12-6-4-3-5-11(12)7-8-14(13)15/h7-8,10,15H,3-6,9H2,1-2H3. The van der Waals surface area contributed by atoms with Crippen molar-refractivity contribution in [1.29, 1.82) is 0 Å². The topological polar surface area (TPSA) is 54.4 Å². The van der Waals surface area contributed by atoms with Gasteiger partial charge in [0.1, 0.15) is 5.75 Å². The molecule has 1 aliphatic carbocycles. The zero-order chi connectivity index (χ0) is 13.3. The van der Waals surface area contributed by atoms with Crippen molar-refractivity contribution in [3.8, 4) is 5.75 Å². The summed E-state index contributed by atoms with van der Waals surface area (Å²) in [6.07, 6.45) is 4.09. The minimum atomic E-state index is -3.17. The van der Waals surface area contributed by atoms with Gasteiger partial charge in [0.2, 0.25) is 0 Å². The maximum Gasteiger partial charge on any atom is 0.156 e. The molecule has 18 heavy (non-hydrogen) atoms. The molecule has 1 aromatic rings. The molecular weight excluding hydrogens is 248 g/mol. The molecule has 3 nitrogen and oxygen atoms in total. The molecule has 0 aromatic heterocycles. The first-order chi connectivity index (χ1) is 8.42. The Morgan fingerprint density at radius 2 is 1.89 bits per heavy atom. The minimum absolute atomic E-state index is 0.0420. The second-order valence-corrected chi connectivity index (χ2v) is 7.82. The van der Waals surface area contributed by atoms with E-state index in [9.17, 15) is 13.5 Å². The third-order valence-corrected chi connectivity index (χ3v) is 5.82. The molecule has 0 aliphatic heterocycles. The van der Waals surface area contributed by atoms with Gasteiger partial charge in [-0.05, 0) is 56.7 Å². The summed E-state index contributed by atoms with van der Waals surface area (Å²) in [4.78, 5) is 0. The van der Waals surface area contributed by atoms with E-state index >= 15 is 0 Å². The SMILES string of the molecule is CC(C)S(=O)(=O)Cc1c(O)ccc2c1CCCC2. The lowest BCUT2D eigenvalue weighted by molar-refractivity contribution is 0.467. The Labute approximate surface area is 109 Å². The van der Waals surface area contributed by atoms with E-state index in [4.69, 9.17) is 0 Å². The number of phenols is 1. The molecule has 0 spiro atoms. The largest absolute Gasteiger partial charge is 0.508 e. The summed E-state index contributed by atoms with van der Waals surface area (Å²) in [5, 5.41) is 9.54. The number of aromatic hydroxyl groups is 1. The van der Waals surface area contributed by atoms with Crippen molar-refractivity contribution in [3.63, 3.8) is 0 Å². The van der Waals surface area contributed by atoms with Crippen molar-refractivity contribution < 1.29 is 13.5 Å². The van der Waals surface area contributed by atoms with Crippen LogP contribution in [0.5, 0.6) is 5.75 Å². The normalized spacial score (nSPS) is 15.7. The number of hydrogen-bond donors (Lipinski definition) is 1. The molecule has 0 fully saturated rings. The molecule has 100 valence electrons. The van der Waals surface area contributed by atoms with Gasteiger partial charge in [0.25, 0.3) is 0 Å². The molecule has 0 saturated heterocycles. The van der Waals surface area contributed by atoms with Gasteiger partial charge in [-0.1, -0.05) is 6.07 Å². The average Bonchev–Trinajstić information content (AvgIpc) is 2.32. The van der Waals surface area contributed by atoms with Crippen molar-refractivity contribution in [2.45, 2.75) is 50.5 Å². The summed E-state index contributed by atoms with van der Waals surface area (Å²) in [6.45, 7) is 3.36. The van der Waals surface area contributed by atoms with Gasteiger partial charge < -0.3 is 5.11 Å². The van der Waals surface area contributed by atoms with E-state index < -0.39 is 15.1 Å². The molecule has 0 atom stereocenters. The molecule has 0 unspecified atom stereocenters. The van der Waals surface area contributed by atoms with Crippen molar-refractivity contribution in [2.75, 3.05) is 0 Å². The van der Waals surface area contributed by atoms with Crippen LogP contribution in [0.3, 0.4) is 0 Å². The third-order valence-electron chi connectivity index (χ3n) is 3.69. The summed E-state index contributed by atoms with van der Waals surface area (Å²) in [5.74, 6) is 0.0829. The van der Waals surface area contributed by atoms with E-state index in [1.807, 2.05) is 6.07 Å². The lowest BCUT2D eigenvalue weighted by atomic mass is 9.88. The maximum absolute atomic E-state index is 12.0. The third kappa shape index (κ3) is 2.53. The highest BCUT2D eigenvalue weighted by molar-refractivity contribution is 7.91. The molecule has 0 saturated carbocycles. The fourth-order valence-corrected chi connectivity index (χ4v) is 3.48. The van der Waals surface area contributed by atoms with Crippen LogP contribution < -0.4 is 0 Å². The first-order valence-corrected chi connectivity index (χ1v) is 8.17. The number of fused-ring (bicyclic) bond motifs is 1. The molecule has 2 rings (SSSR count). The second kappa shape index (κ2) is 4.92. The molecule has 1 N–H and O–H groups in total. The predicted molar refractivity (Wildman–Crippen MR) is 72.5 cm³/mol. The van der Waals surface area contributed by atoms with E-state index in [2.05, 4.69) is 0 Å². The van der Waals surface area contributed by atoms with Gasteiger partial charge in [-0.15, -0.1) is 0 Å². The van der Waals surface area contributed by atoms with Gasteiger partial charge >= 0.3 is 0 Å². The van der Waals surface area contributed by atoms with Crippen LogP contribution in [0.25, 0.3) is 0 Å². The highest BCUT2D eigenvalue weighted by Gasteiger charge is 2.23. The molecule has 1 aliphatic rings. The lowest BCUT2D eigenvalue weighted by Crippen LogP contribution is -2.18. The quantitative estimate of drug-likeness (QED) is 0.916. The molecule has 0 radical (unpaired) electrons. The van der Waals surface area contributed by atoms with Crippen LogP contribution in [0, 0.1) is 0 Å². The molecular formula is C14H20O3S. The Kier molecular flexibility index (Phi) is 3.66. The Bertz CT molecular complexity index is 544. The van der Waals surface area contributed by atoms with Crippen LogP contribution >= 0.6 is 0 Å². The Hall–Kier alpha value is -1.03. The first-order valence-electron chi connectivity index (χ1n) is 6.46. The molecule has 0 bridgehead atoms. The van der Waals surface area contributed by atoms with Crippen molar-refractivity contribution in [2.24, 2.45) is 0 Å². The number of aryl methyl sites for hydroxylation is 1. The van der Waals surface area contributed by atoms with Crippen molar-refractivity contribution in [3.05, 3.63) is 28.8 Å². The summed E-state index contributed by atoms with van der Waals surface area (Å²) in [6, 6.07) is 3.56. The molecule has 4 heteroatoms. The van der Waals surface area contributed by atoms with Gasteiger partial charge in [0, 0.05) is 5.56 Å². The van der Waals surface area contributed by atoms with E-state index in [1.54, 1.807) is 19.9 Å². The molecule has 0 amide bonds. The van der Waals surface area contributed by atoms with Gasteiger partial charge in [-0.25, -0.2) is 8.42 Å². The van der Waals surface area contributed by atoms with Gasteiger partial charge in [-0.3, -0.25) is 0 Å². The van der Waals surface area contributed by atoms with E-state index in [1.165, 1.54) is 5.56 Å². The van der Waals surface area contributed by atoms with E-state index in [0.29, 0.717) is 5.56 Å². The number of sulfone groups is 1. The van der Waals surface area contributed by atoms with Crippen LogP contribution in [0.4, 0.5) is 0 Å². The average molecular weight is 268 g/mol. The Morgan fingerprint density at radius 1 is 1.22 bits per heavy atom. The molecule has 0 heterocycles. The first kappa shape index (κ1) is 13.4. The minimum Gasteiger partial charge on any atom is -0.508 e. The second-order valence-electron chi connectivity index (χ2n) is 5.26. The maximum atomic E-state index is 12.0. The van der Waals surface area contributed by atoms with Crippen molar-refractivity contribution >= 4 is 9.84 Å². The smallest absolute Gasteiger partial charge is 0.156 e. The van der Waals surface area contributed by atoms with E-state index in [-0.39, 0.29) is 11.5 Å². The van der Waals surface area contributed by atoms with E-state index in [0.717, 1.165) is 31.2 Å². The highest BCUT2D eigenvalue weighted by Crippen LogP contribution is 2.32. The zero-order valence-electron chi connectivity index (χ0n) is 10.9. The summed E-state index contributed by atoms with van der Waals surface area (Å²) >= 11 is 0. The Balaban J connectivity index is 2.44. The van der Waals surface area contributed by atoms with Crippen LogP contribution in [0.2, 0.25) is 0 Å². The summed E-state index contributed by atoms with van der Waals surface area (Å²) in [5.41, 5.74) is 2.89. The van der Waals surface area contributed by atoms with Gasteiger partial charge in [0.15, 0.2) is 9.84 Å². The predicted octanol–water partition coefficient (Wildman–Crippen LogP) is 2.59. The van der Waals surface area contributed by atoms with Crippen LogP contribution in [-0.4, -0.2) is 18.8 Å². The lowest BCUT2D eigenvalue weighted by Gasteiger charge is -2.21. The van der Waals surface area contributed by atoms with Crippen molar-refractivity contribution in [1.82, 2.24) is 0 Å². The molecule has 1 aromatic carbocycles. The fraction of sp³-hybridized carbons (Fsp3) is 0.571. The highest BCUT2D eigenvalue weighted by atomic mass is 32.2. The number of phenolic OH excluding ortho intramolecular Hbond substituents is 1. The Morgan fingerprint density at radius 3 is 2.56 bits per heavy atom. The fourth-order valence-electron chi connectivity index (χ4n) is 2.42. The number of rotatable bonds is 3. The van der Waals surface area contributed by atoms with Crippen LogP contribution in [0.15, 0.2) is 12.1 Å². The zero-order valence-corrected chi connectivity index (χ0v) is 11.8. The number of hydrogen-bond acceptors (Lipinski definition) is 3. The summed E-state index contributed by atoms with van der Waals surface area (Å²) < 4.78 is 24.1. The van der Waals surface area contributed by atoms with Gasteiger partial charge in [0.05, 0.1) is 11.0 Å². The number of benzene rings is 1. The van der Waals surface area contributed by atoms with Crippen LogP contribution in [-0.2, 0) is 28.4 Å². The monoisotopic (exact) mass is 268 g/mol. The van der Waals surface area contributed by atoms with Gasteiger partial charge in [-0.2, -0.15) is 0 Å².